The zero-order valence-corrected chi connectivity index (χ0v) is 28.2. The molecule has 5 unspecified atom stereocenters. The summed E-state index contributed by atoms with van der Waals surface area (Å²) < 4.78 is 11.0. The van der Waals surface area contributed by atoms with Gasteiger partial charge in [0.1, 0.15) is 6.10 Å². The van der Waals surface area contributed by atoms with Gasteiger partial charge in [-0.15, -0.1) is 0 Å². The van der Waals surface area contributed by atoms with Gasteiger partial charge in [0.2, 0.25) is 0 Å². The minimum Gasteiger partial charge on any atom is -0.462 e. The number of para-hydroxylation sites is 1. The van der Waals surface area contributed by atoms with Gasteiger partial charge in [0.05, 0.1) is 16.8 Å². The lowest BCUT2D eigenvalue weighted by molar-refractivity contribution is -0.205. The van der Waals surface area contributed by atoms with Gasteiger partial charge in [0, 0.05) is 18.8 Å². The van der Waals surface area contributed by atoms with Crippen molar-refractivity contribution < 1.29 is 9.53 Å². The summed E-state index contributed by atoms with van der Waals surface area (Å²) in [7, 11) is 0. The molecule has 7 heteroatoms. The van der Waals surface area contributed by atoms with Crippen molar-refractivity contribution >= 4 is 5.97 Å². The Bertz CT molecular complexity index is 1690. The summed E-state index contributed by atoms with van der Waals surface area (Å²) in [5.41, 5.74) is -0.0946. The molecule has 10 atom stereocenters. The van der Waals surface area contributed by atoms with Crippen molar-refractivity contribution in [2.24, 2.45) is 40.4 Å². The van der Waals surface area contributed by atoms with Crippen LogP contribution in [0.5, 0.6) is 0 Å². The number of hydrogen-bond acceptors (Lipinski definition) is 4. The van der Waals surface area contributed by atoms with Crippen LogP contribution in [0.2, 0.25) is 0 Å². The van der Waals surface area contributed by atoms with Crippen molar-refractivity contribution in [2.75, 3.05) is 0 Å². The number of aromatic nitrogens is 3. The molecule has 0 radical (unpaired) electrons. The zero-order chi connectivity index (χ0) is 32.1. The van der Waals surface area contributed by atoms with Crippen LogP contribution in [0, 0.1) is 40.4 Å². The van der Waals surface area contributed by atoms with Gasteiger partial charge in [0.15, 0.2) is 0 Å². The third kappa shape index (κ3) is 3.91. The fraction of sp³-hybridized carbons (Fsp3) is 0.658. The molecule has 3 fully saturated rings. The van der Waals surface area contributed by atoms with Gasteiger partial charge in [-0.1, -0.05) is 69.7 Å². The van der Waals surface area contributed by atoms with E-state index in [1.54, 1.807) is 0 Å². The smallest absolute Gasteiger partial charge is 0.352 e. The summed E-state index contributed by atoms with van der Waals surface area (Å²) in [4.78, 5) is 41.8. The molecule has 6 aliphatic rings. The van der Waals surface area contributed by atoms with Gasteiger partial charge in [-0.3, -0.25) is 4.79 Å². The highest BCUT2D eigenvalue weighted by atomic mass is 16.5. The Morgan fingerprint density at radius 3 is 2.40 bits per heavy atom. The quantitative estimate of drug-likeness (QED) is 0.261. The summed E-state index contributed by atoms with van der Waals surface area (Å²) in [5, 5.41) is 0. The topological polar surface area (TPSA) is 75.2 Å². The summed E-state index contributed by atoms with van der Waals surface area (Å²) >= 11 is 0. The number of fused-ring (bicyclic) bond motifs is 1. The van der Waals surface area contributed by atoms with Crippen LogP contribution in [-0.2, 0) is 20.6 Å². The fourth-order valence-corrected chi connectivity index (χ4v) is 12.1. The number of ether oxygens (including phenoxy) is 1. The second-order valence-electron chi connectivity index (χ2n) is 16.1. The molecule has 2 spiro atoms. The van der Waals surface area contributed by atoms with E-state index in [0.29, 0.717) is 29.9 Å². The lowest BCUT2D eigenvalue weighted by Gasteiger charge is -2.71. The largest absolute Gasteiger partial charge is 0.462 e. The molecule has 8 rings (SSSR count). The van der Waals surface area contributed by atoms with Crippen molar-refractivity contribution in [2.45, 2.75) is 117 Å². The molecule has 0 N–H and O–H groups in total. The minimum atomic E-state index is -0.747. The molecule has 1 aromatic carbocycles. The molecular weight excluding hydrogens is 562 g/mol. The SMILES string of the molecule is CC(=O)O[C@H]1CC[C@]2(C)C3CC[C@@]4(C)C(CC(C)[C@@H]4[C@H](C)CCC=C(C)C)C34C=CC2(C1)n1c(=O)n(-c2ccccc2)c(=O)n14. The molecule has 0 amide bonds. The number of allylic oxidation sites excluding steroid dienone is 4. The molecule has 2 aromatic rings. The summed E-state index contributed by atoms with van der Waals surface area (Å²) in [6.07, 6.45) is 14.3. The third-order valence-electron chi connectivity index (χ3n) is 13.6. The number of hydrogen-bond donors (Lipinski definition) is 0. The first-order valence-electron chi connectivity index (χ1n) is 17.4. The Morgan fingerprint density at radius 2 is 1.71 bits per heavy atom. The van der Waals surface area contributed by atoms with Crippen molar-refractivity contribution in [3.05, 3.63) is 75.1 Å². The zero-order valence-electron chi connectivity index (χ0n) is 28.2. The highest BCUT2D eigenvalue weighted by Crippen LogP contribution is 2.74. The normalized spacial score (nSPS) is 39.8. The number of carbonyl (C=O) groups excluding carboxylic acids is 1. The maximum atomic E-state index is 14.9. The van der Waals surface area contributed by atoms with E-state index in [1.807, 2.05) is 39.7 Å². The van der Waals surface area contributed by atoms with Gasteiger partial charge in [-0.05, 0) is 106 Å². The van der Waals surface area contributed by atoms with E-state index < -0.39 is 11.1 Å². The van der Waals surface area contributed by atoms with Crippen LogP contribution < -0.4 is 11.4 Å². The first-order chi connectivity index (χ1) is 21.3. The summed E-state index contributed by atoms with van der Waals surface area (Å²) in [6, 6.07) is 9.38. The van der Waals surface area contributed by atoms with Crippen LogP contribution in [0.15, 0.2) is 63.7 Å². The number of esters is 1. The third-order valence-corrected chi connectivity index (χ3v) is 13.6. The van der Waals surface area contributed by atoms with Crippen LogP contribution in [0.4, 0.5) is 0 Å². The Balaban J connectivity index is 1.44. The van der Waals surface area contributed by atoms with E-state index in [0.717, 1.165) is 38.5 Å². The van der Waals surface area contributed by atoms with Crippen molar-refractivity contribution in [1.29, 1.82) is 0 Å². The Hall–Kier alpha value is -3.09. The second kappa shape index (κ2) is 10.2. The average molecular weight is 614 g/mol. The predicted molar refractivity (Wildman–Crippen MR) is 176 cm³/mol. The molecule has 3 heterocycles. The van der Waals surface area contributed by atoms with E-state index in [1.165, 1.54) is 23.5 Å². The Labute approximate surface area is 267 Å². The van der Waals surface area contributed by atoms with Gasteiger partial charge in [0.25, 0.3) is 0 Å². The van der Waals surface area contributed by atoms with Crippen molar-refractivity contribution in [3.63, 3.8) is 0 Å². The van der Waals surface area contributed by atoms with Gasteiger partial charge in [-0.2, -0.15) is 0 Å². The maximum Gasteiger partial charge on any atom is 0.352 e. The van der Waals surface area contributed by atoms with Crippen LogP contribution >= 0.6 is 0 Å². The van der Waals surface area contributed by atoms with Crippen LogP contribution in [-0.4, -0.2) is 26.0 Å². The molecule has 1 aromatic heterocycles. The average Bonchev–Trinajstić information content (AvgIpc) is 3.42. The van der Waals surface area contributed by atoms with Gasteiger partial charge in [-0.25, -0.2) is 23.5 Å². The predicted octanol–water partition coefficient (Wildman–Crippen LogP) is 6.97. The van der Waals surface area contributed by atoms with Gasteiger partial charge < -0.3 is 4.74 Å². The highest BCUT2D eigenvalue weighted by molar-refractivity contribution is 5.66. The molecule has 7 nitrogen and oxygen atoms in total. The molecule has 0 saturated heterocycles. The van der Waals surface area contributed by atoms with Gasteiger partial charge >= 0.3 is 17.3 Å². The number of carbonyl (C=O) groups is 1. The number of rotatable bonds is 6. The van der Waals surface area contributed by atoms with E-state index in [-0.39, 0.29) is 46.1 Å². The number of nitrogens with zero attached hydrogens (tertiary/aromatic N) is 3. The first-order valence-corrected chi connectivity index (χ1v) is 17.4. The minimum absolute atomic E-state index is 0.0441. The highest BCUT2D eigenvalue weighted by Gasteiger charge is 2.75. The van der Waals surface area contributed by atoms with E-state index in [2.05, 4.69) is 59.8 Å². The van der Waals surface area contributed by atoms with Crippen LogP contribution in [0.1, 0.15) is 99.8 Å². The molecule has 4 aliphatic carbocycles. The monoisotopic (exact) mass is 613 g/mol. The van der Waals surface area contributed by atoms with E-state index >= 15 is 0 Å². The summed E-state index contributed by atoms with van der Waals surface area (Å²) in [6.45, 7) is 15.6. The van der Waals surface area contributed by atoms with Crippen LogP contribution in [0.3, 0.4) is 0 Å². The lowest BCUT2D eigenvalue weighted by Crippen LogP contribution is -2.76. The standard InChI is InChI=1S/C38H51N3O4/c1-24(2)12-11-13-25(3)32-26(4)22-31-35(32,6)18-17-30-36(7)19-16-29(45-27(5)42)23-37(36)20-21-38(30,31)41-34(44)39(33(43)40(37)41)28-14-9-8-10-15-28/h8-10,12,14-15,20-21,25-26,29-32H,11,13,16-19,22-23H2,1-7H3/t25-,26?,29+,30?,31?,32+,35+,36-,37?,38?/m1/s1. The number of benzene rings is 1. The molecular formula is C38H51N3O4. The molecule has 2 bridgehead atoms. The first kappa shape index (κ1) is 30.6. The van der Waals surface area contributed by atoms with E-state index in [9.17, 15) is 14.4 Å². The fourth-order valence-electron chi connectivity index (χ4n) is 12.1. The van der Waals surface area contributed by atoms with Crippen LogP contribution in [0.25, 0.3) is 5.69 Å². The molecule has 45 heavy (non-hydrogen) atoms. The van der Waals surface area contributed by atoms with Crippen molar-refractivity contribution in [3.8, 4) is 5.69 Å². The van der Waals surface area contributed by atoms with E-state index in [4.69, 9.17) is 4.74 Å². The molecule has 3 saturated carbocycles. The second-order valence-corrected chi connectivity index (χ2v) is 16.1. The molecule has 2 aliphatic heterocycles. The maximum absolute atomic E-state index is 14.9. The van der Waals surface area contributed by atoms with Crippen molar-refractivity contribution in [1.82, 2.24) is 13.9 Å². The summed E-state index contributed by atoms with van der Waals surface area (Å²) in [5.74, 6) is 1.79. The Morgan fingerprint density at radius 1 is 1.00 bits per heavy atom. The molecule has 242 valence electrons. The Kier molecular flexibility index (Phi) is 6.93. The lowest BCUT2D eigenvalue weighted by atomic mass is 9.40.